The van der Waals surface area contributed by atoms with Crippen LogP contribution in [0.4, 0.5) is 0 Å². The van der Waals surface area contributed by atoms with Crippen LogP contribution in [0.3, 0.4) is 0 Å². The van der Waals surface area contributed by atoms with Crippen molar-refractivity contribution < 1.29 is 14.3 Å². The number of esters is 1. The maximum Gasteiger partial charge on any atom is 0.316 e. The first-order valence-corrected chi connectivity index (χ1v) is 6.19. The fraction of sp³-hybridized carbons (Fsp3) is 0.429. The zero-order valence-corrected chi connectivity index (χ0v) is 11.5. The molecule has 18 heavy (non-hydrogen) atoms. The van der Waals surface area contributed by atoms with Crippen molar-refractivity contribution in [2.45, 2.75) is 20.3 Å². The highest BCUT2D eigenvalue weighted by Crippen LogP contribution is 2.20. The lowest BCUT2D eigenvalue weighted by Crippen LogP contribution is -2.31. The smallest absolute Gasteiger partial charge is 0.316 e. The van der Waals surface area contributed by atoms with Gasteiger partial charge in [-0.25, -0.2) is 0 Å². The van der Waals surface area contributed by atoms with Gasteiger partial charge in [0.25, 0.3) is 0 Å². The van der Waals surface area contributed by atoms with E-state index < -0.39 is 11.9 Å². The molecule has 0 aliphatic heterocycles. The molecule has 0 amide bonds. The first-order valence-electron chi connectivity index (χ1n) is 5.81. The topological polar surface area (TPSA) is 43.4 Å². The fourth-order valence-corrected chi connectivity index (χ4v) is 2.04. The Kier molecular flexibility index (Phi) is 5.35. The molecule has 0 aromatic heterocycles. The normalized spacial score (nSPS) is 12.3. The summed E-state index contributed by atoms with van der Waals surface area (Å²) in [5.74, 6) is -1.47. The Morgan fingerprint density at radius 1 is 1.28 bits per heavy atom. The van der Waals surface area contributed by atoms with Gasteiger partial charge in [-0.3, -0.25) is 9.59 Å². The maximum absolute atomic E-state index is 12.1. The van der Waals surface area contributed by atoms with E-state index in [0.717, 1.165) is 5.56 Å². The SMILES string of the molecule is COC(=O)C(C(=O)Cc1ccccc1Cl)C(C)C. The number of hydrogen-bond donors (Lipinski definition) is 0. The van der Waals surface area contributed by atoms with Gasteiger partial charge in [0.15, 0.2) is 5.78 Å². The largest absolute Gasteiger partial charge is 0.468 e. The number of halogens is 1. The zero-order valence-electron chi connectivity index (χ0n) is 10.8. The van der Waals surface area contributed by atoms with Gasteiger partial charge in [-0.05, 0) is 17.5 Å². The van der Waals surface area contributed by atoms with Crippen molar-refractivity contribution in [3.8, 4) is 0 Å². The molecule has 0 fully saturated rings. The first-order chi connectivity index (χ1) is 8.47. The molecule has 0 heterocycles. The van der Waals surface area contributed by atoms with E-state index in [2.05, 4.69) is 4.74 Å². The van der Waals surface area contributed by atoms with Crippen LogP contribution in [0.2, 0.25) is 5.02 Å². The molecule has 0 bridgehead atoms. The Hall–Kier alpha value is -1.35. The molecule has 1 aromatic rings. The summed E-state index contributed by atoms with van der Waals surface area (Å²) < 4.78 is 4.67. The van der Waals surface area contributed by atoms with Crippen molar-refractivity contribution in [1.82, 2.24) is 0 Å². The number of hydrogen-bond acceptors (Lipinski definition) is 3. The second-order valence-corrected chi connectivity index (χ2v) is 4.89. The van der Waals surface area contributed by atoms with Gasteiger partial charge in [0.2, 0.25) is 0 Å². The third-order valence-corrected chi connectivity index (χ3v) is 3.16. The van der Waals surface area contributed by atoms with E-state index >= 15 is 0 Å². The number of methoxy groups -OCH3 is 1. The molecule has 0 saturated carbocycles. The number of ether oxygens (including phenoxy) is 1. The molecule has 1 atom stereocenters. The van der Waals surface area contributed by atoms with Crippen molar-refractivity contribution in [1.29, 1.82) is 0 Å². The minimum absolute atomic E-state index is 0.0903. The first kappa shape index (κ1) is 14.7. The Balaban J connectivity index is 2.86. The standard InChI is InChI=1S/C14H17ClO3/c1-9(2)13(14(17)18-3)12(16)8-10-6-4-5-7-11(10)15/h4-7,9,13H,8H2,1-3H3. The summed E-state index contributed by atoms with van der Waals surface area (Å²) in [4.78, 5) is 23.7. The minimum Gasteiger partial charge on any atom is -0.468 e. The van der Waals surface area contributed by atoms with Crippen LogP contribution >= 0.6 is 11.6 Å². The highest BCUT2D eigenvalue weighted by atomic mass is 35.5. The van der Waals surface area contributed by atoms with Gasteiger partial charge in [0, 0.05) is 11.4 Å². The van der Waals surface area contributed by atoms with E-state index in [1.54, 1.807) is 18.2 Å². The van der Waals surface area contributed by atoms with Crippen LogP contribution in [0.1, 0.15) is 19.4 Å². The van der Waals surface area contributed by atoms with Gasteiger partial charge >= 0.3 is 5.97 Å². The molecule has 0 saturated heterocycles. The quantitative estimate of drug-likeness (QED) is 0.609. The maximum atomic E-state index is 12.1. The van der Waals surface area contributed by atoms with Crippen LogP contribution in [-0.4, -0.2) is 18.9 Å². The van der Waals surface area contributed by atoms with Crippen molar-refractivity contribution in [3.63, 3.8) is 0 Å². The number of carbonyl (C=O) groups excluding carboxylic acids is 2. The van der Waals surface area contributed by atoms with Crippen molar-refractivity contribution >= 4 is 23.4 Å². The van der Waals surface area contributed by atoms with Crippen molar-refractivity contribution in [2.75, 3.05) is 7.11 Å². The molecule has 0 spiro atoms. The summed E-state index contributed by atoms with van der Waals surface area (Å²) in [5.41, 5.74) is 0.735. The molecule has 0 N–H and O–H groups in total. The highest BCUT2D eigenvalue weighted by molar-refractivity contribution is 6.31. The molecule has 1 unspecified atom stereocenters. The monoisotopic (exact) mass is 268 g/mol. The van der Waals surface area contributed by atoms with Crippen molar-refractivity contribution in [2.24, 2.45) is 11.8 Å². The van der Waals surface area contributed by atoms with Gasteiger partial charge in [-0.1, -0.05) is 43.6 Å². The summed E-state index contributed by atoms with van der Waals surface area (Å²) >= 11 is 6.00. The molecule has 0 aliphatic rings. The van der Waals surface area contributed by atoms with E-state index in [1.807, 2.05) is 19.9 Å². The number of benzene rings is 1. The average molecular weight is 269 g/mol. The lowest BCUT2D eigenvalue weighted by atomic mass is 9.88. The third kappa shape index (κ3) is 3.57. The van der Waals surface area contributed by atoms with Crippen LogP contribution in [0, 0.1) is 11.8 Å². The van der Waals surface area contributed by atoms with Gasteiger partial charge in [0.05, 0.1) is 7.11 Å². The van der Waals surface area contributed by atoms with E-state index in [-0.39, 0.29) is 18.1 Å². The summed E-state index contributed by atoms with van der Waals surface area (Å²) in [5, 5.41) is 0.540. The summed E-state index contributed by atoms with van der Waals surface area (Å²) in [6, 6.07) is 7.13. The number of Topliss-reactive ketones (excluding diaryl/α,β-unsaturated/α-hetero) is 1. The molecule has 1 rings (SSSR count). The Morgan fingerprint density at radius 2 is 1.89 bits per heavy atom. The minimum atomic E-state index is -0.730. The molecule has 98 valence electrons. The van der Waals surface area contributed by atoms with E-state index in [0.29, 0.717) is 5.02 Å². The lowest BCUT2D eigenvalue weighted by Gasteiger charge is -2.17. The van der Waals surface area contributed by atoms with Gasteiger partial charge in [-0.2, -0.15) is 0 Å². The molecule has 0 aliphatic carbocycles. The Labute approximate surface area is 112 Å². The molecular formula is C14H17ClO3. The van der Waals surface area contributed by atoms with Gasteiger partial charge < -0.3 is 4.74 Å². The molecule has 0 radical (unpaired) electrons. The molecule has 4 heteroatoms. The average Bonchev–Trinajstić information content (AvgIpc) is 2.31. The lowest BCUT2D eigenvalue weighted by molar-refractivity contribution is -0.151. The van der Waals surface area contributed by atoms with Crippen LogP contribution in [-0.2, 0) is 20.7 Å². The summed E-state index contributed by atoms with van der Waals surface area (Å²) in [6.45, 7) is 3.65. The third-order valence-electron chi connectivity index (χ3n) is 2.79. The summed E-state index contributed by atoms with van der Waals surface area (Å²) in [6.07, 6.45) is 0.150. The van der Waals surface area contributed by atoms with Gasteiger partial charge in [-0.15, -0.1) is 0 Å². The molecular weight excluding hydrogens is 252 g/mol. The second-order valence-electron chi connectivity index (χ2n) is 4.48. The van der Waals surface area contributed by atoms with Crippen LogP contribution < -0.4 is 0 Å². The number of ketones is 1. The van der Waals surface area contributed by atoms with Crippen molar-refractivity contribution in [3.05, 3.63) is 34.9 Å². The Morgan fingerprint density at radius 3 is 2.39 bits per heavy atom. The fourth-order valence-electron chi connectivity index (χ4n) is 1.84. The second kappa shape index (κ2) is 6.55. The molecule has 1 aromatic carbocycles. The van der Waals surface area contributed by atoms with Crippen LogP contribution in [0.15, 0.2) is 24.3 Å². The van der Waals surface area contributed by atoms with E-state index in [9.17, 15) is 9.59 Å². The molecule has 3 nitrogen and oxygen atoms in total. The van der Waals surface area contributed by atoms with E-state index in [1.165, 1.54) is 7.11 Å². The predicted molar refractivity (Wildman–Crippen MR) is 70.5 cm³/mol. The summed E-state index contributed by atoms with van der Waals surface area (Å²) in [7, 11) is 1.29. The number of carbonyl (C=O) groups is 2. The number of rotatable bonds is 5. The van der Waals surface area contributed by atoms with Gasteiger partial charge in [0.1, 0.15) is 5.92 Å². The zero-order chi connectivity index (χ0) is 13.7. The van der Waals surface area contributed by atoms with Crippen LogP contribution in [0.5, 0.6) is 0 Å². The Bertz CT molecular complexity index is 440. The van der Waals surface area contributed by atoms with E-state index in [4.69, 9.17) is 11.6 Å². The predicted octanol–water partition coefficient (Wildman–Crippen LogP) is 2.90. The highest BCUT2D eigenvalue weighted by Gasteiger charge is 2.30. The van der Waals surface area contributed by atoms with Crippen LogP contribution in [0.25, 0.3) is 0 Å².